The number of benzene rings is 2. The number of thiazole rings is 1. The number of hydrogen-bond acceptors (Lipinski definition) is 5. The van der Waals surface area contributed by atoms with Crippen molar-refractivity contribution < 1.29 is 0 Å². The number of hydrogen-bond donors (Lipinski definition) is 1. The summed E-state index contributed by atoms with van der Waals surface area (Å²) in [5, 5.41) is 1.67. The van der Waals surface area contributed by atoms with Crippen molar-refractivity contribution in [3.63, 3.8) is 0 Å². The molecule has 4 aromatic rings. The first-order valence-electron chi connectivity index (χ1n) is 8.15. The molecule has 2 heterocycles. The molecule has 0 saturated heterocycles. The summed E-state index contributed by atoms with van der Waals surface area (Å²) in [5.74, 6) is 0.673. The molecule has 2 aromatic heterocycles. The Morgan fingerprint density at radius 2 is 1.80 bits per heavy atom. The van der Waals surface area contributed by atoms with Gasteiger partial charge in [-0.25, -0.2) is 9.97 Å². The molecule has 0 spiro atoms. The van der Waals surface area contributed by atoms with Gasteiger partial charge in [0.05, 0.1) is 33.7 Å². The summed E-state index contributed by atoms with van der Waals surface area (Å²) in [6.45, 7) is 2.75. The minimum absolute atomic E-state index is 0.0238. The molecule has 2 aromatic carbocycles. The van der Waals surface area contributed by atoms with Crippen molar-refractivity contribution in [3.8, 4) is 0 Å². The van der Waals surface area contributed by atoms with E-state index in [2.05, 4.69) is 25.9 Å². The van der Waals surface area contributed by atoms with E-state index in [9.17, 15) is 4.79 Å². The highest BCUT2D eigenvalue weighted by Gasteiger charge is 2.17. The number of nitrogens with one attached hydrogen (secondary N) is 1. The normalized spacial score (nSPS) is 12.9. The Hall–Kier alpha value is -2.57. The van der Waals surface area contributed by atoms with Gasteiger partial charge in [0, 0.05) is 0 Å². The van der Waals surface area contributed by atoms with Crippen LogP contribution in [-0.4, -0.2) is 26.9 Å². The summed E-state index contributed by atoms with van der Waals surface area (Å²) in [6.07, 6.45) is 0. The fourth-order valence-electron chi connectivity index (χ4n) is 2.85. The lowest BCUT2D eigenvalue weighted by Gasteiger charge is -2.22. The van der Waals surface area contributed by atoms with Crippen molar-refractivity contribution in [1.29, 1.82) is 0 Å². The maximum absolute atomic E-state index is 12.3. The van der Waals surface area contributed by atoms with Crippen molar-refractivity contribution in [2.24, 2.45) is 0 Å². The first-order chi connectivity index (χ1) is 12.1. The molecule has 0 saturated carbocycles. The highest BCUT2D eigenvalue weighted by molar-refractivity contribution is 7.18. The molecule has 0 radical (unpaired) electrons. The predicted molar refractivity (Wildman–Crippen MR) is 102 cm³/mol. The van der Waals surface area contributed by atoms with E-state index in [0.717, 1.165) is 16.0 Å². The van der Waals surface area contributed by atoms with E-state index >= 15 is 0 Å². The second-order valence-electron chi connectivity index (χ2n) is 6.13. The molecule has 1 N–H and O–H groups in total. The standard InChI is InChI=1S/C19H18N4OS/c1-12(18-21-14-8-4-3-7-13(14)19(24)22-18)23(2)11-17-20-15-9-5-6-10-16(15)25-17/h3-10,12H,11H2,1-2H3,(H,21,22,24)/t12-/m1/s1. The summed E-state index contributed by atoms with van der Waals surface area (Å²) in [5.41, 5.74) is 1.66. The maximum Gasteiger partial charge on any atom is 0.258 e. The highest BCUT2D eigenvalue weighted by atomic mass is 32.1. The van der Waals surface area contributed by atoms with Gasteiger partial charge in [-0.05, 0) is 38.2 Å². The van der Waals surface area contributed by atoms with Gasteiger partial charge in [0.25, 0.3) is 5.56 Å². The fourth-order valence-corrected chi connectivity index (χ4v) is 3.88. The number of fused-ring (bicyclic) bond motifs is 2. The number of aromatic amines is 1. The molecule has 5 nitrogen and oxygen atoms in total. The number of rotatable bonds is 4. The SMILES string of the molecule is C[C@H](c1nc2ccccc2c(=O)[nH]1)N(C)Cc1nc2ccccc2s1. The van der Waals surface area contributed by atoms with E-state index in [4.69, 9.17) is 0 Å². The maximum atomic E-state index is 12.3. The lowest BCUT2D eigenvalue weighted by molar-refractivity contribution is 0.243. The van der Waals surface area contributed by atoms with Crippen molar-refractivity contribution >= 4 is 32.5 Å². The molecule has 0 amide bonds. The molecule has 1 atom stereocenters. The van der Waals surface area contributed by atoms with E-state index < -0.39 is 0 Å². The average Bonchev–Trinajstić information content (AvgIpc) is 3.03. The van der Waals surface area contributed by atoms with Gasteiger partial charge in [-0.1, -0.05) is 24.3 Å². The van der Waals surface area contributed by atoms with Gasteiger partial charge in [-0.2, -0.15) is 0 Å². The Kier molecular flexibility index (Phi) is 4.07. The van der Waals surface area contributed by atoms with Crippen LogP contribution < -0.4 is 5.56 Å². The van der Waals surface area contributed by atoms with Crippen molar-refractivity contribution in [2.75, 3.05) is 7.05 Å². The third kappa shape index (κ3) is 3.06. The molecule has 6 heteroatoms. The van der Waals surface area contributed by atoms with Crippen LogP contribution in [0.3, 0.4) is 0 Å². The lowest BCUT2D eigenvalue weighted by atomic mass is 10.2. The first-order valence-corrected chi connectivity index (χ1v) is 8.97. The summed E-state index contributed by atoms with van der Waals surface area (Å²) >= 11 is 1.70. The summed E-state index contributed by atoms with van der Waals surface area (Å²) in [7, 11) is 2.02. The molecule has 0 aliphatic carbocycles. The van der Waals surface area contributed by atoms with Crippen molar-refractivity contribution in [2.45, 2.75) is 19.5 Å². The van der Waals surface area contributed by atoms with Gasteiger partial charge in [0.15, 0.2) is 0 Å². The first kappa shape index (κ1) is 15.9. The Morgan fingerprint density at radius 1 is 1.08 bits per heavy atom. The number of aromatic nitrogens is 3. The third-order valence-electron chi connectivity index (χ3n) is 4.41. The molecular weight excluding hydrogens is 332 g/mol. The third-order valence-corrected chi connectivity index (χ3v) is 5.43. The van der Waals surface area contributed by atoms with Crippen LogP contribution in [0, 0.1) is 0 Å². The van der Waals surface area contributed by atoms with E-state index in [1.807, 2.05) is 50.4 Å². The number of H-pyrrole nitrogens is 1. The largest absolute Gasteiger partial charge is 0.309 e. The van der Waals surface area contributed by atoms with Crippen LogP contribution in [0.4, 0.5) is 0 Å². The quantitative estimate of drug-likeness (QED) is 0.609. The Labute approximate surface area is 149 Å². The summed E-state index contributed by atoms with van der Waals surface area (Å²) < 4.78 is 1.19. The van der Waals surface area contributed by atoms with Gasteiger partial charge in [-0.15, -0.1) is 11.3 Å². The van der Waals surface area contributed by atoms with Crippen molar-refractivity contribution in [3.05, 3.63) is 69.7 Å². The molecule has 0 aliphatic rings. The van der Waals surface area contributed by atoms with Crippen LogP contribution in [-0.2, 0) is 6.54 Å². The van der Waals surface area contributed by atoms with Crippen LogP contribution in [0.1, 0.15) is 23.8 Å². The molecule has 25 heavy (non-hydrogen) atoms. The summed E-state index contributed by atoms with van der Waals surface area (Å²) in [4.78, 5) is 26.6. The molecule has 126 valence electrons. The lowest BCUT2D eigenvalue weighted by Crippen LogP contribution is -2.25. The van der Waals surface area contributed by atoms with Crippen LogP contribution in [0.15, 0.2) is 53.3 Å². The molecule has 0 fully saturated rings. The second-order valence-corrected chi connectivity index (χ2v) is 7.25. The van der Waals surface area contributed by atoms with E-state index in [1.54, 1.807) is 17.4 Å². The number of nitrogens with zero attached hydrogens (tertiary/aromatic N) is 3. The molecule has 4 rings (SSSR count). The smallest absolute Gasteiger partial charge is 0.258 e. The van der Waals surface area contributed by atoms with E-state index in [-0.39, 0.29) is 11.6 Å². The minimum Gasteiger partial charge on any atom is -0.309 e. The summed E-state index contributed by atoms with van der Waals surface area (Å²) in [6, 6.07) is 15.5. The Bertz CT molecular complexity index is 1070. The fraction of sp³-hybridized carbons (Fsp3) is 0.211. The van der Waals surface area contributed by atoms with Gasteiger partial charge in [0.1, 0.15) is 10.8 Å². The van der Waals surface area contributed by atoms with Gasteiger partial charge in [0.2, 0.25) is 0 Å². The Morgan fingerprint density at radius 3 is 2.60 bits per heavy atom. The van der Waals surface area contributed by atoms with Gasteiger partial charge >= 0.3 is 0 Å². The zero-order valence-corrected chi connectivity index (χ0v) is 14.9. The molecule has 0 unspecified atom stereocenters. The second kappa shape index (κ2) is 6.38. The van der Waals surface area contributed by atoms with Crippen LogP contribution in [0.25, 0.3) is 21.1 Å². The Balaban J connectivity index is 1.61. The minimum atomic E-state index is -0.0964. The average molecular weight is 350 g/mol. The highest BCUT2D eigenvalue weighted by Crippen LogP contribution is 2.25. The topological polar surface area (TPSA) is 61.9 Å². The molecule has 0 aliphatic heterocycles. The van der Waals surface area contributed by atoms with Gasteiger partial charge in [-0.3, -0.25) is 9.69 Å². The molecule has 0 bridgehead atoms. The van der Waals surface area contributed by atoms with Crippen LogP contribution in [0.2, 0.25) is 0 Å². The van der Waals surface area contributed by atoms with E-state index in [0.29, 0.717) is 17.8 Å². The van der Waals surface area contributed by atoms with Crippen LogP contribution >= 0.6 is 11.3 Å². The van der Waals surface area contributed by atoms with E-state index in [1.165, 1.54) is 4.70 Å². The monoisotopic (exact) mass is 350 g/mol. The predicted octanol–water partition coefficient (Wildman–Crippen LogP) is 3.73. The zero-order valence-electron chi connectivity index (χ0n) is 14.1. The molecular formula is C19H18N4OS. The van der Waals surface area contributed by atoms with Crippen LogP contribution in [0.5, 0.6) is 0 Å². The van der Waals surface area contributed by atoms with Gasteiger partial charge < -0.3 is 4.98 Å². The zero-order chi connectivity index (χ0) is 17.4. The number of para-hydroxylation sites is 2. The van der Waals surface area contributed by atoms with Crippen molar-refractivity contribution in [1.82, 2.24) is 19.9 Å².